The van der Waals surface area contributed by atoms with Crippen molar-refractivity contribution in [3.05, 3.63) is 17.8 Å². The Morgan fingerprint density at radius 2 is 1.96 bits per heavy atom. The van der Waals surface area contributed by atoms with Gasteiger partial charge in [0, 0.05) is 32.1 Å². The molecule has 2 saturated heterocycles. The summed E-state index contributed by atoms with van der Waals surface area (Å²) in [6, 6.07) is 2.03. The van der Waals surface area contributed by atoms with Gasteiger partial charge in [0.2, 0.25) is 5.91 Å². The molecule has 0 spiro atoms. The lowest BCUT2D eigenvalue weighted by Gasteiger charge is -2.36. The van der Waals surface area contributed by atoms with Crippen LogP contribution in [0.4, 0.5) is 5.82 Å². The Kier molecular flexibility index (Phi) is 4.13. The first-order valence-electron chi connectivity index (χ1n) is 8.12. The zero-order valence-electron chi connectivity index (χ0n) is 13.0. The fourth-order valence-electron chi connectivity index (χ4n) is 3.38. The topological polar surface area (TPSA) is 58.6 Å². The van der Waals surface area contributed by atoms with E-state index in [9.17, 15) is 4.79 Å². The summed E-state index contributed by atoms with van der Waals surface area (Å²) < 4.78 is 6.47. The first kappa shape index (κ1) is 14.8. The number of rotatable bonds is 2. The van der Waals surface area contributed by atoms with E-state index < -0.39 is 0 Å². The maximum Gasteiger partial charge on any atom is 0.225 e. The standard InChI is InChI=1S/C16H20N4O2S/c21-16(20-6-8-22-9-7-20)12-1-4-19(5-2-12)15-14-13(3-10-23-14)17-11-18-15/h3,10-12H,1-2,4-9H2. The third-order valence-corrected chi connectivity index (χ3v) is 5.59. The minimum Gasteiger partial charge on any atom is -0.378 e. The van der Waals surface area contributed by atoms with Gasteiger partial charge < -0.3 is 14.5 Å². The first-order chi connectivity index (χ1) is 11.3. The van der Waals surface area contributed by atoms with Gasteiger partial charge in [-0.15, -0.1) is 11.3 Å². The van der Waals surface area contributed by atoms with Crippen LogP contribution in [0.25, 0.3) is 10.2 Å². The summed E-state index contributed by atoms with van der Waals surface area (Å²) in [5.41, 5.74) is 1.01. The van der Waals surface area contributed by atoms with Crippen LogP contribution in [0.1, 0.15) is 12.8 Å². The summed E-state index contributed by atoms with van der Waals surface area (Å²) in [5, 5.41) is 2.05. The third kappa shape index (κ3) is 2.90. The van der Waals surface area contributed by atoms with Gasteiger partial charge in [-0.2, -0.15) is 0 Å². The van der Waals surface area contributed by atoms with Crippen molar-refractivity contribution in [2.24, 2.45) is 5.92 Å². The minimum atomic E-state index is 0.144. The van der Waals surface area contributed by atoms with Crippen LogP contribution < -0.4 is 4.90 Å². The SMILES string of the molecule is O=C(C1CCN(c2ncnc3ccsc23)CC1)N1CCOCC1. The number of nitrogens with zero attached hydrogens (tertiary/aromatic N) is 4. The number of ether oxygens (including phenoxy) is 1. The molecule has 2 aliphatic heterocycles. The molecule has 2 aromatic heterocycles. The van der Waals surface area contributed by atoms with E-state index in [2.05, 4.69) is 20.2 Å². The molecule has 4 heterocycles. The van der Waals surface area contributed by atoms with Crippen LogP contribution in [0, 0.1) is 5.92 Å². The Hall–Kier alpha value is -1.73. The Bertz CT molecular complexity index is 690. The predicted molar refractivity (Wildman–Crippen MR) is 89.8 cm³/mol. The Labute approximate surface area is 139 Å². The molecular formula is C16H20N4O2S. The summed E-state index contributed by atoms with van der Waals surface area (Å²) in [6.07, 6.45) is 3.43. The van der Waals surface area contributed by atoms with E-state index in [1.165, 1.54) is 0 Å². The minimum absolute atomic E-state index is 0.144. The number of hydrogen-bond acceptors (Lipinski definition) is 6. The van der Waals surface area contributed by atoms with Crippen molar-refractivity contribution < 1.29 is 9.53 Å². The monoisotopic (exact) mass is 332 g/mol. The highest BCUT2D eigenvalue weighted by Gasteiger charge is 2.30. The molecule has 122 valence electrons. The van der Waals surface area contributed by atoms with Gasteiger partial charge in [0.1, 0.15) is 12.1 Å². The quantitative estimate of drug-likeness (QED) is 0.839. The van der Waals surface area contributed by atoms with E-state index in [0.717, 1.165) is 55.1 Å². The largest absolute Gasteiger partial charge is 0.378 e. The molecule has 2 fully saturated rings. The number of thiophene rings is 1. The molecule has 0 N–H and O–H groups in total. The van der Waals surface area contributed by atoms with E-state index in [1.807, 2.05) is 11.0 Å². The zero-order valence-corrected chi connectivity index (χ0v) is 13.8. The van der Waals surface area contributed by atoms with Crippen molar-refractivity contribution in [1.29, 1.82) is 0 Å². The van der Waals surface area contributed by atoms with E-state index >= 15 is 0 Å². The van der Waals surface area contributed by atoms with Crippen LogP contribution in [0.15, 0.2) is 17.8 Å². The van der Waals surface area contributed by atoms with Gasteiger partial charge in [-0.05, 0) is 24.3 Å². The fraction of sp³-hybridized carbons (Fsp3) is 0.562. The van der Waals surface area contributed by atoms with Crippen molar-refractivity contribution >= 4 is 33.3 Å². The highest BCUT2D eigenvalue weighted by atomic mass is 32.1. The zero-order chi connectivity index (χ0) is 15.6. The van der Waals surface area contributed by atoms with Crippen molar-refractivity contribution in [3.63, 3.8) is 0 Å². The van der Waals surface area contributed by atoms with Crippen molar-refractivity contribution in [1.82, 2.24) is 14.9 Å². The van der Waals surface area contributed by atoms with Gasteiger partial charge in [-0.3, -0.25) is 4.79 Å². The number of carbonyl (C=O) groups excluding carboxylic acids is 1. The number of fused-ring (bicyclic) bond motifs is 1. The number of carbonyl (C=O) groups is 1. The van der Waals surface area contributed by atoms with Gasteiger partial charge in [-0.1, -0.05) is 0 Å². The molecular weight excluding hydrogens is 312 g/mol. The van der Waals surface area contributed by atoms with E-state index in [4.69, 9.17) is 4.74 Å². The molecule has 4 rings (SSSR count). The molecule has 0 bridgehead atoms. The highest BCUT2D eigenvalue weighted by Crippen LogP contribution is 2.31. The number of amides is 1. The maximum atomic E-state index is 12.6. The fourth-order valence-corrected chi connectivity index (χ4v) is 4.24. The van der Waals surface area contributed by atoms with Crippen molar-refractivity contribution in [3.8, 4) is 0 Å². The Morgan fingerprint density at radius 1 is 1.17 bits per heavy atom. The summed E-state index contributed by atoms with van der Waals surface area (Å²) in [6.45, 7) is 4.57. The predicted octanol–water partition coefficient (Wildman–Crippen LogP) is 1.77. The van der Waals surface area contributed by atoms with Crippen LogP contribution >= 0.6 is 11.3 Å². The second-order valence-electron chi connectivity index (χ2n) is 6.03. The number of hydrogen-bond donors (Lipinski definition) is 0. The second-order valence-corrected chi connectivity index (χ2v) is 6.95. The summed E-state index contributed by atoms with van der Waals surface area (Å²) in [5.74, 6) is 1.46. The Balaban J connectivity index is 1.42. The molecule has 2 aliphatic rings. The molecule has 23 heavy (non-hydrogen) atoms. The van der Waals surface area contributed by atoms with Gasteiger partial charge in [0.05, 0.1) is 23.4 Å². The molecule has 0 radical (unpaired) electrons. The van der Waals surface area contributed by atoms with Gasteiger partial charge in [0.15, 0.2) is 0 Å². The lowest BCUT2D eigenvalue weighted by atomic mass is 9.95. The van der Waals surface area contributed by atoms with Crippen LogP contribution in [-0.2, 0) is 9.53 Å². The molecule has 0 atom stereocenters. The first-order valence-corrected chi connectivity index (χ1v) is 9.00. The second kappa shape index (κ2) is 6.41. The number of aromatic nitrogens is 2. The normalized spacial score (nSPS) is 20.2. The third-order valence-electron chi connectivity index (χ3n) is 4.69. The molecule has 0 aliphatic carbocycles. The maximum absolute atomic E-state index is 12.6. The smallest absolute Gasteiger partial charge is 0.225 e. The van der Waals surface area contributed by atoms with Crippen molar-refractivity contribution in [2.45, 2.75) is 12.8 Å². The summed E-state index contributed by atoms with van der Waals surface area (Å²) in [7, 11) is 0. The number of morpholine rings is 1. The van der Waals surface area contributed by atoms with Gasteiger partial charge >= 0.3 is 0 Å². The van der Waals surface area contributed by atoms with Gasteiger partial charge in [0.25, 0.3) is 0 Å². The average Bonchev–Trinajstić information content (AvgIpc) is 3.11. The molecule has 0 aromatic carbocycles. The molecule has 7 heteroatoms. The molecule has 0 unspecified atom stereocenters. The Morgan fingerprint density at radius 3 is 2.74 bits per heavy atom. The number of anilines is 1. The lowest BCUT2D eigenvalue weighted by Crippen LogP contribution is -2.46. The summed E-state index contributed by atoms with van der Waals surface area (Å²) in [4.78, 5) is 25.6. The van der Waals surface area contributed by atoms with E-state index in [1.54, 1.807) is 17.7 Å². The van der Waals surface area contributed by atoms with Crippen molar-refractivity contribution in [2.75, 3.05) is 44.3 Å². The van der Waals surface area contributed by atoms with Crippen LogP contribution in [0.2, 0.25) is 0 Å². The van der Waals surface area contributed by atoms with E-state index in [-0.39, 0.29) is 5.92 Å². The molecule has 0 saturated carbocycles. The van der Waals surface area contributed by atoms with Crippen LogP contribution in [-0.4, -0.2) is 60.2 Å². The molecule has 1 amide bonds. The van der Waals surface area contributed by atoms with Crippen LogP contribution in [0.3, 0.4) is 0 Å². The van der Waals surface area contributed by atoms with Crippen LogP contribution in [0.5, 0.6) is 0 Å². The van der Waals surface area contributed by atoms with E-state index in [0.29, 0.717) is 19.1 Å². The molecule has 6 nitrogen and oxygen atoms in total. The number of piperidine rings is 1. The average molecular weight is 332 g/mol. The van der Waals surface area contributed by atoms with Gasteiger partial charge in [-0.25, -0.2) is 9.97 Å². The molecule has 2 aromatic rings. The highest BCUT2D eigenvalue weighted by molar-refractivity contribution is 7.17. The lowest BCUT2D eigenvalue weighted by molar-refractivity contribution is -0.140. The summed E-state index contributed by atoms with van der Waals surface area (Å²) >= 11 is 1.68.